The van der Waals surface area contributed by atoms with Crippen molar-refractivity contribution >= 4 is 11.6 Å². The van der Waals surface area contributed by atoms with Gasteiger partial charge in [-0.1, -0.05) is 29.8 Å². The molecule has 3 nitrogen and oxygen atoms in total. The third-order valence-electron chi connectivity index (χ3n) is 4.43. The Morgan fingerprint density at radius 3 is 2.65 bits per heavy atom. The van der Waals surface area contributed by atoms with Gasteiger partial charge in [0.15, 0.2) is 0 Å². The van der Waals surface area contributed by atoms with Crippen LogP contribution in [0.4, 0.5) is 0 Å². The molecule has 1 unspecified atom stereocenters. The van der Waals surface area contributed by atoms with Crippen LogP contribution in [0.3, 0.4) is 0 Å². The highest BCUT2D eigenvalue weighted by atomic mass is 35.5. The molecule has 1 aromatic carbocycles. The molecule has 2 aromatic rings. The Bertz CT molecular complexity index is 582. The third kappa shape index (κ3) is 5.03. The number of halogens is 1. The molecule has 1 fully saturated rings. The van der Waals surface area contributed by atoms with Crippen molar-refractivity contribution in [2.45, 2.75) is 25.3 Å². The van der Waals surface area contributed by atoms with Gasteiger partial charge in [-0.25, -0.2) is 0 Å². The summed E-state index contributed by atoms with van der Waals surface area (Å²) in [4.78, 5) is 4.23. The van der Waals surface area contributed by atoms with E-state index in [9.17, 15) is 0 Å². The number of ether oxygens (including phenoxy) is 1. The van der Waals surface area contributed by atoms with Gasteiger partial charge in [0, 0.05) is 36.7 Å². The largest absolute Gasteiger partial charge is 0.381 e. The molecule has 1 N–H and O–H groups in total. The van der Waals surface area contributed by atoms with E-state index in [0.29, 0.717) is 5.92 Å². The molecule has 1 aliphatic heterocycles. The van der Waals surface area contributed by atoms with Crippen molar-refractivity contribution in [3.05, 3.63) is 64.9 Å². The van der Waals surface area contributed by atoms with Gasteiger partial charge in [-0.2, -0.15) is 0 Å². The molecule has 122 valence electrons. The number of nitrogens with zero attached hydrogens (tertiary/aromatic N) is 1. The summed E-state index contributed by atoms with van der Waals surface area (Å²) in [6.07, 6.45) is 6.98. The summed E-state index contributed by atoms with van der Waals surface area (Å²) < 4.78 is 5.45. The van der Waals surface area contributed by atoms with Crippen LogP contribution < -0.4 is 5.32 Å². The first-order valence-corrected chi connectivity index (χ1v) is 8.64. The molecule has 0 spiro atoms. The molecule has 0 amide bonds. The summed E-state index contributed by atoms with van der Waals surface area (Å²) in [6.45, 7) is 2.80. The first-order valence-electron chi connectivity index (χ1n) is 8.27. The van der Waals surface area contributed by atoms with Crippen molar-refractivity contribution in [2.24, 2.45) is 5.92 Å². The standard InChI is InChI=1S/C19H23ClN2O/c20-18-5-3-17(4-6-18)19(12-16-2-1-9-21-13-16)22-14-15-7-10-23-11-8-15/h1-6,9,13,15,19,22H,7-8,10-12,14H2. The fourth-order valence-corrected chi connectivity index (χ4v) is 3.14. The van der Waals surface area contributed by atoms with E-state index in [-0.39, 0.29) is 6.04 Å². The Hall–Kier alpha value is -1.42. The third-order valence-corrected chi connectivity index (χ3v) is 4.68. The molecular weight excluding hydrogens is 308 g/mol. The number of hydrogen-bond donors (Lipinski definition) is 1. The van der Waals surface area contributed by atoms with Gasteiger partial charge in [0.25, 0.3) is 0 Å². The highest BCUT2D eigenvalue weighted by molar-refractivity contribution is 6.30. The number of rotatable bonds is 6. The molecule has 0 bridgehead atoms. The zero-order valence-corrected chi connectivity index (χ0v) is 14.0. The second kappa shape index (κ2) is 8.44. The Labute approximate surface area is 143 Å². The molecule has 1 atom stereocenters. The van der Waals surface area contributed by atoms with E-state index in [1.54, 1.807) is 0 Å². The zero-order chi connectivity index (χ0) is 15.9. The second-order valence-electron chi connectivity index (χ2n) is 6.13. The van der Waals surface area contributed by atoms with E-state index in [2.05, 4.69) is 28.5 Å². The Morgan fingerprint density at radius 1 is 1.17 bits per heavy atom. The molecule has 1 saturated heterocycles. The summed E-state index contributed by atoms with van der Waals surface area (Å²) in [6, 6.07) is 12.5. The van der Waals surface area contributed by atoms with E-state index in [1.165, 1.54) is 11.1 Å². The molecule has 2 heterocycles. The summed E-state index contributed by atoms with van der Waals surface area (Å²) >= 11 is 6.03. The van der Waals surface area contributed by atoms with Crippen LogP contribution >= 0.6 is 11.6 Å². The number of benzene rings is 1. The lowest BCUT2D eigenvalue weighted by molar-refractivity contribution is 0.0654. The van der Waals surface area contributed by atoms with Crippen molar-refractivity contribution < 1.29 is 4.74 Å². The van der Waals surface area contributed by atoms with Gasteiger partial charge in [0.2, 0.25) is 0 Å². The lowest BCUT2D eigenvalue weighted by Crippen LogP contribution is -2.31. The molecule has 0 radical (unpaired) electrons. The summed E-state index contributed by atoms with van der Waals surface area (Å²) in [5, 5.41) is 4.52. The zero-order valence-electron chi connectivity index (χ0n) is 13.2. The highest BCUT2D eigenvalue weighted by Crippen LogP contribution is 2.22. The van der Waals surface area contributed by atoms with Gasteiger partial charge >= 0.3 is 0 Å². The van der Waals surface area contributed by atoms with Crippen LogP contribution in [0, 0.1) is 5.92 Å². The van der Waals surface area contributed by atoms with Crippen LogP contribution in [-0.2, 0) is 11.2 Å². The minimum Gasteiger partial charge on any atom is -0.381 e. The van der Waals surface area contributed by atoms with E-state index in [1.807, 2.05) is 30.6 Å². The Balaban J connectivity index is 1.68. The smallest absolute Gasteiger partial charge is 0.0469 e. The number of pyridine rings is 1. The van der Waals surface area contributed by atoms with Crippen molar-refractivity contribution in [3.63, 3.8) is 0 Å². The molecule has 4 heteroatoms. The van der Waals surface area contributed by atoms with Crippen LogP contribution in [0.2, 0.25) is 5.02 Å². The number of aromatic nitrogens is 1. The molecule has 1 aromatic heterocycles. The van der Waals surface area contributed by atoms with E-state index < -0.39 is 0 Å². The van der Waals surface area contributed by atoms with Crippen molar-refractivity contribution in [3.8, 4) is 0 Å². The molecule has 0 saturated carbocycles. The minimum absolute atomic E-state index is 0.277. The fourth-order valence-electron chi connectivity index (χ4n) is 3.02. The van der Waals surface area contributed by atoms with Gasteiger partial charge < -0.3 is 10.1 Å². The normalized spacial score (nSPS) is 17.1. The van der Waals surface area contributed by atoms with Gasteiger partial charge in [-0.05, 0) is 61.1 Å². The van der Waals surface area contributed by atoms with Gasteiger partial charge in [-0.15, -0.1) is 0 Å². The lowest BCUT2D eigenvalue weighted by Gasteiger charge is -2.26. The van der Waals surface area contributed by atoms with Crippen LogP contribution in [0.1, 0.15) is 30.0 Å². The topological polar surface area (TPSA) is 34.2 Å². The van der Waals surface area contributed by atoms with Gasteiger partial charge in [0.1, 0.15) is 0 Å². The van der Waals surface area contributed by atoms with E-state index >= 15 is 0 Å². The maximum atomic E-state index is 6.03. The monoisotopic (exact) mass is 330 g/mol. The molecular formula is C19H23ClN2O. The Morgan fingerprint density at radius 2 is 1.96 bits per heavy atom. The Kier molecular flexibility index (Phi) is 6.03. The summed E-state index contributed by atoms with van der Waals surface area (Å²) in [5.41, 5.74) is 2.51. The SMILES string of the molecule is Clc1ccc(C(Cc2cccnc2)NCC2CCOCC2)cc1. The average Bonchev–Trinajstić information content (AvgIpc) is 2.61. The summed E-state index contributed by atoms with van der Waals surface area (Å²) in [7, 11) is 0. The first-order chi connectivity index (χ1) is 11.3. The second-order valence-corrected chi connectivity index (χ2v) is 6.57. The van der Waals surface area contributed by atoms with Gasteiger partial charge in [-0.3, -0.25) is 4.98 Å². The molecule has 3 rings (SSSR count). The quantitative estimate of drug-likeness (QED) is 0.868. The van der Waals surface area contributed by atoms with Crippen LogP contribution in [0.15, 0.2) is 48.8 Å². The highest BCUT2D eigenvalue weighted by Gasteiger charge is 2.17. The number of hydrogen-bond acceptors (Lipinski definition) is 3. The molecule has 1 aliphatic rings. The first kappa shape index (κ1) is 16.4. The van der Waals surface area contributed by atoms with Gasteiger partial charge in [0.05, 0.1) is 0 Å². The van der Waals surface area contributed by atoms with Crippen LogP contribution in [-0.4, -0.2) is 24.7 Å². The van der Waals surface area contributed by atoms with Crippen molar-refractivity contribution in [1.82, 2.24) is 10.3 Å². The lowest BCUT2D eigenvalue weighted by atomic mass is 9.96. The predicted molar refractivity (Wildman–Crippen MR) is 93.7 cm³/mol. The van der Waals surface area contributed by atoms with Crippen molar-refractivity contribution in [1.29, 1.82) is 0 Å². The maximum Gasteiger partial charge on any atom is 0.0469 e. The number of nitrogens with one attached hydrogen (secondary N) is 1. The van der Waals surface area contributed by atoms with E-state index in [4.69, 9.17) is 16.3 Å². The molecule has 0 aliphatic carbocycles. The fraction of sp³-hybridized carbons (Fsp3) is 0.421. The predicted octanol–water partition coefficient (Wildman–Crippen LogP) is 4.04. The van der Waals surface area contributed by atoms with Crippen LogP contribution in [0.5, 0.6) is 0 Å². The van der Waals surface area contributed by atoms with E-state index in [0.717, 1.165) is 44.0 Å². The maximum absolute atomic E-state index is 6.03. The average molecular weight is 331 g/mol. The summed E-state index contributed by atoms with van der Waals surface area (Å²) in [5.74, 6) is 0.701. The molecule has 23 heavy (non-hydrogen) atoms. The van der Waals surface area contributed by atoms with Crippen molar-refractivity contribution in [2.75, 3.05) is 19.8 Å². The van der Waals surface area contributed by atoms with Crippen LogP contribution in [0.25, 0.3) is 0 Å². The minimum atomic E-state index is 0.277.